The van der Waals surface area contributed by atoms with Crippen LogP contribution in [0.4, 0.5) is 30.6 Å². The van der Waals surface area contributed by atoms with Crippen LogP contribution in [0.15, 0.2) is 48.7 Å². The Kier molecular flexibility index (Phi) is 5.48. The SMILES string of the molecule is Cc1c(Nc2cc(-c3ccccn3)nc(NC(C)C)n2)cccc1C(F)(F)F. The summed E-state index contributed by atoms with van der Waals surface area (Å²) in [7, 11) is 0. The minimum atomic E-state index is -4.42. The number of aromatic nitrogens is 3. The van der Waals surface area contributed by atoms with Crippen LogP contribution in [0.1, 0.15) is 25.0 Å². The summed E-state index contributed by atoms with van der Waals surface area (Å²) in [5.41, 5.74) is 0.950. The van der Waals surface area contributed by atoms with Gasteiger partial charge < -0.3 is 10.6 Å². The van der Waals surface area contributed by atoms with E-state index < -0.39 is 11.7 Å². The molecule has 2 heterocycles. The zero-order chi connectivity index (χ0) is 20.3. The van der Waals surface area contributed by atoms with Gasteiger partial charge in [0.25, 0.3) is 0 Å². The van der Waals surface area contributed by atoms with Gasteiger partial charge in [0.2, 0.25) is 5.95 Å². The van der Waals surface area contributed by atoms with Crippen LogP contribution in [-0.2, 0) is 6.18 Å². The number of alkyl halides is 3. The lowest BCUT2D eigenvalue weighted by atomic mass is 10.1. The zero-order valence-electron chi connectivity index (χ0n) is 15.7. The Hall–Kier alpha value is -3.16. The van der Waals surface area contributed by atoms with Gasteiger partial charge in [-0.3, -0.25) is 4.98 Å². The van der Waals surface area contributed by atoms with Crippen molar-refractivity contribution < 1.29 is 13.2 Å². The summed E-state index contributed by atoms with van der Waals surface area (Å²) < 4.78 is 39.6. The smallest absolute Gasteiger partial charge is 0.352 e. The van der Waals surface area contributed by atoms with Crippen molar-refractivity contribution in [3.8, 4) is 11.4 Å². The Morgan fingerprint density at radius 2 is 1.75 bits per heavy atom. The van der Waals surface area contributed by atoms with Crippen molar-refractivity contribution >= 4 is 17.5 Å². The van der Waals surface area contributed by atoms with Crippen LogP contribution in [0.2, 0.25) is 0 Å². The molecule has 5 nitrogen and oxygen atoms in total. The molecule has 3 rings (SSSR count). The van der Waals surface area contributed by atoms with Gasteiger partial charge in [0.1, 0.15) is 5.82 Å². The molecule has 0 atom stereocenters. The third-order valence-corrected chi connectivity index (χ3v) is 3.97. The monoisotopic (exact) mass is 387 g/mol. The van der Waals surface area contributed by atoms with Gasteiger partial charge in [-0.1, -0.05) is 12.1 Å². The second kappa shape index (κ2) is 7.84. The summed E-state index contributed by atoms with van der Waals surface area (Å²) in [6.45, 7) is 5.32. The first-order valence-corrected chi connectivity index (χ1v) is 8.75. The molecule has 0 radical (unpaired) electrons. The highest BCUT2D eigenvalue weighted by atomic mass is 19.4. The standard InChI is InChI=1S/C20H20F3N5/c1-12(2)25-19-27-17(16-8-4-5-10-24-16)11-18(28-19)26-15-9-6-7-14(13(15)3)20(21,22)23/h4-12H,1-3H3,(H2,25,26,27,28). The summed E-state index contributed by atoms with van der Waals surface area (Å²) in [6, 6.07) is 11.2. The molecule has 0 spiro atoms. The molecule has 2 aromatic heterocycles. The van der Waals surface area contributed by atoms with E-state index in [1.165, 1.54) is 13.0 Å². The molecule has 0 unspecified atom stereocenters. The van der Waals surface area contributed by atoms with E-state index in [9.17, 15) is 13.2 Å². The maximum Gasteiger partial charge on any atom is 0.416 e. The van der Waals surface area contributed by atoms with Crippen molar-refractivity contribution in [2.24, 2.45) is 0 Å². The number of nitrogens with one attached hydrogen (secondary N) is 2. The van der Waals surface area contributed by atoms with E-state index in [1.54, 1.807) is 30.5 Å². The number of halogens is 3. The maximum absolute atomic E-state index is 13.2. The van der Waals surface area contributed by atoms with Crippen molar-refractivity contribution in [1.29, 1.82) is 0 Å². The highest BCUT2D eigenvalue weighted by Crippen LogP contribution is 2.35. The van der Waals surface area contributed by atoms with Crippen LogP contribution in [0.5, 0.6) is 0 Å². The van der Waals surface area contributed by atoms with E-state index in [0.717, 1.165) is 6.07 Å². The van der Waals surface area contributed by atoms with E-state index in [0.29, 0.717) is 28.8 Å². The Balaban J connectivity index is 2.02. The van der Waals surface area contributed by atoms with E-state index >= 15 is 0 Å². The highest BCUT2D eigenvalue weighted by Gasteiger charge is 2.32. The van der Waals surface area contributed by atoms with Crippen LogP contribution in [0.3, 0.4) is 0 Å². The van der Waals surface area contributed by atoms with Crippen molar-refractivity contribution in [3.05, 3.63) is 59.8 Å². The molecule has 146 valence electrons. The number of hydrogen-bond acceptors (Lipinski definition) is 5. The fourth-order valence-electron chi connectivity index (χ4n) is 2.70. The third kappa shape index (κ3) is 4.57. The van der Waals surface area contributed by atoms with Crippen molar-refractivity contribution in [2.45, 2.75) is 33.0 Å². The minimum Gasteiger partial charge on any atom is -0.352 e. The first kappa shape index (κ1) is 19.6. The predicted octanol–water partition coefficient (Wildman–Crippen LogP) is 5.43. The fourth-order valence-corrected chi connectivity index (χ4v) is 2.70. The molecule has 0 saturated carbocycles. The molecule has 0 aliphatic rings. The number of benzene rings is 1. The largest absolute Gasteiger partial charge is 0.416 e. The molecule has 1 aromatic carbocycles. The molecule has 0 aliphatic carbocycles. The van der Waals surface area contributed by atoms with Crippen LogP contribution < -0.4 is 10.6 Å². The van der Waals surface area contributed by atoms with Crippen molar-refractivity contribution in [2.75, 3.05) is 10.6 Å². The second-order valence-corrected chi connectivity index (χ2v) is 6.58. The van der Waals surface area contributed by atoms with Gasteiger partial charge in [0.05, 0.1) is 17.0 Å². The van der Waals surface area contributed by atoms with Crippen LogP contribution in [0, 0.1) is 6.92 Å². The zero-order valence-corrected chi connectivity index (χ0v) is 15.7. The van der Waals surface area contributed by atoms with Gasteiger partial charge in [0.15, 0.2) is 0 Å². The molecule has 28 heavy (non-hydrogen) atoms. The Morgan fingerprint density at radius 1 is 0.964 bits per heavy atom. The van der Waals surface area contributed by atoms with Crippen LogP contribution in [-0.4, -0.2) is 21.0 Å². The minimum absolute atomic E-state index is 0.0853. The highest BCUT2D eigenvalue weighted by molar-refractivity contribution is 5.67. The molecule has 0 saturated heterocycles. The fraction of sp³-hybridized carbons (Fsp3) is 0.250. The van der Waals surface area contributed by atoms with E-state index in [4.69, 9.17) is 0 Å². The first-order chi connectivity index (χ1) is 13.2. The Morgan fingerprint density at radius 3 is 2.39 bits per heavy atom. The average molecular weight is 387 g/mol. The maximum atomic E-state index is 13.2. The van der Waals surface area contributed by atoms with Crippen molar-refractivity contribution in [1.82, 2.24) is 15.0 Å². The topological polar surface area (TPSA) is 62.7 Å². The number of anilines is 3. The van der Waals surface area contributed by atoms with E-state index in [-0.39, 0.29) is 11.6 Å². The summed E-state index contributed by atoms with van der Waals surface area (Å²) in [6.07, 6.45) is -2.77. The molecule has 0 fully saturated rings. The lowest BCUT2D eigenvalue weighted by molar-refractivity contribution is -0.138. The Bertz CT molecular complexity index is 956. The van der Waals surface area contributed by atoms with Gasteiger partial charge in [-0.15, -0.1) is 0 Å². The van der Waals surface area contributed by atoms with Crippen LogP contribution >= 0.6 is 0 Å². The molecule has 2 N–H and O–H groups in total. The van der Waals surface area contributed by atoms with Gasteiger partial charge in [-0.05, 0) is 50.6 Å². The van der Waals surface area contributed by atoms with E-state index in [2.05, 4.69) is 25.6 Å². The van der Waals surface area contributed by atoms with Crippen LogP contribution in [0.25, 0.3) is 11.4 Å². The second-order valence-electron chi connectivity index (χ2n) is 6.58. The van der Waals surface area contributed by atoms with Gasteiger partial charge >= 0.3 is 6.18 Å². The quantitative estimate of drug-likeness (QED) is 0.611. The molecule has 3 aromatic rings. The Labute approximate surface area is 161 Å². The first-order valence-electron chi connectivity index (χ1n) is 8.75. The van der Waals surface area contributed by atoms with Crippen molar-refractivity contribution in [3.63, 3.8) is 0 Å². The summed E-state index contributed by atoms with van der Waals surface area (Å²) in [5, 5.41) is 6.11. The lowest BCUT2D eigenvalue weighted by Crippen LogP contribution is -2.14. The van der Waals surface area contributed by atoms with E-state index in [1.807, 2.05) is 19.9 Å². The summed E-state index contributed by atoms with van der Waals surface area (Å²) in [4.78, 5) is 13.1. The van der Waals surface area contributed by atoms with Gasteiger partial charge in [-0.2, -0.15) is 18.2 Å². The molecule has 8 heteroatoms. The van der Waals surface area contributed by atoms with Gasteiger partial charge in [0, 0.05) is 24.0 Å². The number of pyridine rings is 1. The predicted molar refractivity (Wildman–Crippen MR) is 103 cm³/mol. The average Bonchev–Trinajstić information content (AvgIpc) is 2.62. The lowest BCUT2D eigenvalue weighted by Gasteiger charge is -2.16. The summed E-state index contributed by atoms with van der Waals surface area (Å²) >= 11 is 0. The summed E-state index contributed by atoms with van der Waals surface area (Å²) in [5.74, 6) is 0.742. The molecular formula is C20H20F3N5. The number of hydrogen-bond donors (Lipinski definition) is 2. The molecule has 0 aliphatic heterocycles. The molecular weight excluding hydrogens is 367 g/mol. The normalized spacial score (nSPS) is 11.5. The molecule has 0 amide bonds. The third-order valence-electron chi connectivity index (χ3n) is 3.97. The number of rotatable bonds is 5. The van der Waals surface area contributed by atoms with Gasteiger partial charge in [-0.25, -0.2) is 4.98 Å². The number of nitrogens with zero attached hydrogens (tertiary/aromatic N) is 3. The molecule has 0 bridgehead atoms.